The van der Waals surface area contributed by atoms with Crippen LogP contribution in [-0.4, -0.2) is 30.0 Å². The average Bonchev–Trinajstić information content (AvgIpc) is 3.28. The molecule has 0 aliphatic heterocycles. The van der Waals surface area contributed by atoms with Crippen molar-refractivity contribution >= 4 is 21.6 Å². The minimum Gasteiger partial charge on any atom is -0.339 e. The maximum Gasteiger partial charge on any atom is 0.241 e. The number of amides is 1. The highest BCUT2D eigenvalue weighted by atomic mass is 32.2. The number of rotatable bonds is 8. The average molecular weight is 519 g/mol. The van der Waals surface area contributed by atoms with Crippen LogP contribution >= 0.6 is 0 Å². The van der Waals surface area contributed by atoms with Gasteiger partial charge in [-0.1, -0.05) is 53.7 Å². The zero-order valence-electron chi connectivity index (χ0n) is 21.3. The summed E-state index contributed by atoms with van der Waals surface area (Å²) >= 11 is 0. The molecule has 0 atom stereocenters. The van der Waals surface area contributed by atoms with Crippen LogP contribution in [0.1, 0.15) is 38.6 Å². The predicted molar refractivity (Wildman–Crippen MR) is 143 cm³/mol. The van der Waals surface area contributed by atoms with Gasteiger partial charge in [-0.15, -0.1) is 0 Å². The first-order valence-electron chi connectivity index (χ1n) is 11.9. The second-order valence-corrected chi connectivity index (χ2v) is 11.5. The van der Waals surface area contributed by atoms with E-state index in [0.717, 1.165) is 16.7 Å². The molecule has 1 heterocycles. The van der Waals surface area contributed by atoms with Crippen LogP contribution in [0, 0.1) is 6.92 Å². The molecule has 0 unspecified atom stereocenters. The number of carbonyl (C=O) groups excluding carboxylic acids is 1. The summed E-state index contributed by atoms with van der Waals surface area (Å²) in [7, 11) is -3.71. The van der Waals surface area contributed by atoms with Gasteiger partial charge in [0.25, 0.3) is 0 Å². The minimum absolute atomic E-state index is 0.120. The van der Waals surface area contributed by atoms with Gasteiger partial charge < -0.3 is 9.84 Å². The molecule has 0 radical (unpaired) electrons. The Morgan fingerprint density at radius 2 is 1.68 bits per heavy atom. The van der Waals surface area contributed by atoms with Gasteiger partial charge in [-0.2, -0.15) is 4.98 Å². The molecule has 0 bridgehead atoms. The Morgan fingerprint density at radius 1 is 0.946 bits per heavy atom. The van der Waals surface area contributed by atoms with E-state index in [9.17, 15) is 13.2 Å². The van der Waals surface area contributed by atoms with Gasteiger partial charge in [-0.25, -0.2) is 13.1 Å². The number of sulfonamides is 1. The van der Waals surface area contributed by atoms with Crippen molar-refractivity contribution in [1.82, 2.24) is 14.9 Å². The van der Waals surface area contributed by atoms with Gasteiger partial charge in [0.15, 0.2) is 0 Å². The van der Waals surface area contributed by atoms with E-state index < -0.39 is 15.6 Å². The minimum atomic E-state index is -3.71. The van der Waals surface area contributed by atoms with Crippen LogP contribution < -0.4 is 10.0 Å². The fraction of sp³-hybridized carbons (Fsp3) is 0.250. The molecule has 0 saturated heterocycles. The van der Waals surface area contributed by atoms with Crippen molar-refractivity contribution in [3.05, 3.63) is 84.3 Å². The molecule has 9 heteroatoms. The van der Waals surface area contributed by atoms with Gasteiger partial charge in [0.2, 0.25) is 27.6 Å². The summed E-state index contributed by atoms with van der Waals surface area (Å²) in [5, 5.41) is 6.85. The van der Waals surface area contributed by atoms with Crippen molar-refractivity contribution < 1.29 is 17.7 Å². The summed E-state index contributed by atoms with van der Waals surface area (Å²) in [6.07, 6.45) is 0.858. The number of aromatic nitrogens is 2. The summed E-state index contributed by atoms with van der Waals surface area (Å²) in [4.78, 5) is 17.0. The number of nitrogens with one attached hydrogen (secondary N) is 2. The molecule has 0 aliphatic carbocycles. The van der Waals surface area contributed by atoms with Gasteiger partial charge in [0.05, 0.1) is 4.90 Å². The van der Waals surface area contributed by atoms with Crippen LogP contribution in [0.25, 0.3) is 22.5 Å². The van der Waals surface area contributed by atoms with E-state index >= 15 is 0 Å². The molecule has 37 heavy (non-hydrogen) atoms. The fourth-order valence-electron chi connectivity index (χ4n) is 3.89. The lowest BCUT2D eigenvalue weighted by Crippen LogP contribution is -2.40. The summed E-state index contributed by atoms with van der Waals surface area (Å²) in [6, 6.07) is 21.7. The first-order valence-corrected chi connectivity index (χ1v) is 13.4. The molecule has 192 valence electrons. The Morgan fingerprint density at radius 3 is 2.35 bits per heavy atom. The third kappa shape index (κ3) is 6.90. The zero-order valence-corrected chi connectivity index (χ0v) is 22.1. The topological polar surface area (TPSA) is 114 Å². The molecule has 2 N–H and O–H groups in total. The molecule has 0 fully saturated rings. The Balaban J connectivity index is 1.41. The van der Waals surface area contributed by atoms with Crippen molar-refractivity contribution in [3.63, 3.8) is 0 Å². The number of aryl methyl sites for hydroxylation is 2. The molecular weight excluding hydrogens is 488 g/mol. The van der Waals surface area contributed by atoms with Crippen molar-refractivity contribution in [2.24, 2.45) is 0 Å². The number of benzene rings is 3. The number of carbonyl (C=O) groups is 1. The van der Waals surface area contributed by atoms with Gasteiger partial charge in [0, 0.05) is 35.7 Å². The molecule has 1 aromatic heterocycles. The number of anilines is 1. The first kappa shape index (κ1) is 26.2. The Labute approximate surface area is 217 Å². The Hall–Kier alpha value is -3.82. The van der Waals surface area contributed by atoms with Gasteiger partial charge >= 0.3 is 0 Å². The summed E-state index contributed by atoms with van der Waals surface area (Å²) in [5.74, 6) is 0.899. The highest BCUT2D eigenvalue weighted by molar-refractivity contribution is 7.89. The second kappa shape index (κ2) is 10.7. The van der Waals surface area contributed by atoms with E-state index in [-0.39, 0.29) is 10.8 Å². The van der Waals surface area contributed by atoms with Crippen LogP contribution in [-0.2, 0) is 21.2 Å². The van der Waals surface area contributed by atoms with E-state index in [2.05, 4.69) is 20.2 Å². The number of hydrogen-bond donors (Lipinski definition) is 2. The molecule has 1 amide bonds. The van der Waals surface area contributed by atoms with Crippen molar-refractivity contribution in [3.8, 4) is 22.5 Å². The smallest absolute Gasteiger partial charge is 0.241 e. The van der Waals surface area contributed by atoms with Crippen LogP contribution in [0.5, 0.6) is 0 Å². The van der Waals surface area contributed by atoms with E-state index in [1.54, 1.807) is 76.2 Å². The van der Waals surface area contributed by atoms with Crippen LogP contribution in [0.3, 0.4) is 0 Å². The first-order chi connectivity index (χ1) is 17.5. The van der Waals surface area contributed by atoms with Crippen molar-refractivity contribution in [2.75, 3.05) is 5.32 Å². The largest absolute Gasteiger partial charge is 0.339 e. The van der Waals surface area contributed by atoms with E-state index in [0.29, 0.717) is 35.8 Å². The maximum absolute atomic E-state index is 13.0. The molecule has 0 aliphatic rings. The quantitative estimate of drug-likeness (QED) is 0.325. The summed E-state index contributed by atoms with van der Waals surface area (Å²) < 4.78 is 33.7. The standard InChI is InChI=1S/C28H30N4O4S/c1-19-29-27(31-36-19)22-9-7-8-20(18-22)12-17-26(33)30-23-15-13-21(14-16-23)24-10-5-6-11-25(24)37(34,35)32-28(2,3)4/h5-11,13-16,18,32H,12,17H2,1-4H3,(H,30,33). The van der Waals surface area contributed by atoms with E-state index in [4.69, 9.17) is 4.52 Å². The SMILES string of the molecule is Cc1nc(-c2cccc(CCC(=O)Nc3ccc(-c4ccccc4S(=O)(=O)NC(C)(C)C)cc3)c2)no1. The van der Waals surface area contributed by atoms with Crippen LogP contribution in [0.2, 0.25) is 0 Å². The second-order valence-electron chi connectivity index (χ2n) is 9.81. The van der Waals surface area contributed by atoms with Crippen molar-refractivity contribution in [2.45, 2.75) is 51.0 Å². The highest BCUT2D eigenvalue weighted by Crippen LogP contribution is 2.29. The maximum atomic E-state index is 13.0. The van der Waals surface area contributed by atoms with E-state index in [1.807, 2.05) is 24.3 Å². The van der Waals surface area contributed by atoms with Crippen molar-refractivity contribution in [1.29, 1.82) is 0 Å². The number of hydrogen-bond acceptors (Lipinski definition) is 6. The molecule has 0 spiro atoms. The molecule has 8 nitrogen and oxygen atoms in total. The molecule has 4 aromatic rings. The summed E-state index contributed by atoms with van der Waals surface area (Å²) in [6.45, 7) is 7.14. The lowest BCUT2D eigenvalue weighted by molar-refractivity contribution is -0.116. The number of nitrogens with zero attached hydrogens (tertiary/aromatic N) is 2. The van der Waals surface area contributed by atoms with Gasteiger partial charge in [0.1, 0.15) is 0 Å². The summed E-state index contributed by atoms with van der Waals surface area (Å²) in [5.41, 5.74) is 3.19. The van der Waals surface area contributed by atoms with Gasteiger partial charge in [-0.05, 0) is 62.6 Å². The third-order valence-electron chi connectivity index (χ3n) is 5.45. The molecular formula is C28H30N4O4S. The fourth-order valence-corrected chi connectivity index (χ4v) is 5.54. The Bertz CT molecular complexity index is 1500. The highest BCUT2D eigenvalue weighted by Gasteiger charge is 2.24. The van der Waals surface area contributed by atoms with E-state index in [1.165, 1.54) is 0 Å². The molecule has 0 saturated carbocycles. The van der Waals surface area contributed by atoms with Crippen LogP contribution in [0.4, 0.5) is 5.69 Å². The van der Waals surface area contributed by atoms with Crippen LogP contribution in [0.15, 0.2) is 82.2 Å². The normalized spacial score (nSPS) is 11.9. The molecule has 3 aromatic carbocycles. The lowest BCUT2D eigenvalue weighted by atomic mass is 10.0. The zero-order chi connectivity index (χ0) is 26.6. The molecule has 4 rings (SSSR count). The third-order valence-corrected chi connectivity index (χ3v) is 7.27. The van der Waals surface area contributed by atoms with Gasteiger partial charge in [-0.3, -0.25) is 4.79 Å². The predicted octanol–water partition coefficient (Wildman–Crippen LogP) is 5.36. The lowest BCUT2D eigenvalue weighted by Gasteiger charge is -2.21. The Kier molecular flexibility index (Phi) is 7.56. The monoisotopic (exact) mass is 518 g/mol.